The number of carbonyl (C=O) groups is 1. The molecule has 0 spiro atoms. The van der Waals surface area contributed by atoms with Gasteiger partial charge in [-0.25, -0.2) is 5.43 Å². The fourth-order valence-corrected chi connectivity index (χ4v) is 4.01. The molecule has 1 amide bonds. The van der Waals surface area contributed by atoms with E-state index in [-0.39, 0.29) is 10.6 Å². The molecule has 144 valence electrons. The van der Waals surface area contributed by atoms with Gasteiger partial charge < -0.3 is 4.42 Å². The molecule has 2 aromatic carbocycles. The molecule has 4 rings (SSSR count). The second-order valence-electron chi connectivity index (χ2n) is 5.91. The molecule has 0 saturated heterocycles. The number of furan rings is 1. The van der Waals surface area contributed by atoms with Gasteiger partial charge in [0.15, 0.2) is 5.09 Å². The third-order valence-electron chi connectivity index (χ3n) is 3.94. The average Bonchev–Trinajstić information content (AvgIpc) is 3.15. The molecule has 0 atom stereocenters. The van der Waals surface area contributed by atoms with Gasteiger partial charge in [-0.15, -0.1) is 0 Å². The molecule has 2 heterocycles. The third-order valence-corrected chi connectivity index (χ3v) is 5.46. The van der Waals surface area contributed by atoms with Crippen molar-refractivity contribution < 1.29 is 9.21 Å². The van der Waals surface area contributed by atoms with Crippen molar-refractivity contribution in [2.24, 2.45) is 5.10 Å². The molecule has 0 fully saturated rings. The second-order valence-corrected chi connectivity index (χ2v) is 7.80. The van der Waals surface area contributed by atoms with Crippen LogP contribution in [0.25, 0.3) is 10.9 Å². The number of pyridine rings is 1. The maximum atomic E-state index is 12.1. The first-order valence-electron chi connectivity index (χ1n) is 8.50. The Hall–Kier alpha value is -2.80. The monoisotopic (exact) mass is 441 g/mol. The first-order chi connectivity index (χ1) is 14.1. The standard InChI is InChI=1S/C21H13Cl2N3O2S/c22-14-6-8-16(17(23)11-14)21(27)26-25-12-15-7-9-19(28-15)29-18-5-1-3-13-4-2-10-24-20(13)18/h1-12H,(H,26,27)/b25-12+. The zero-order chi connectivity index (χ0) is 20.2. The molecule has 4 aromatic rings. The van der Waals surface area contributed by atoms with Gasteiger partial charge in [-0.1, -0.05) is 41.4 Å². The summed E-state index contributed by atoms with van der Waals surface area (Å²) in [5, 5.41) is 6.39. The summed E-state index contributed by atoms with van der Waals surface area (Å²) in [5.74, 6) is 0.0640. The average molecular weight is 442 g/mol. The van der Waals surface area contributed by atoms with Crippen LogP contribution in [0.4, 0.5) is 0 Å². The topological polar surface area (TPSA) is 67.5 Å². The molecule has 0 aliphatic rings. The van der Waals surface area contributed by atoms with Crippen LogP contribution in [-0.2, 0) is 0 Å². The van der Waals surface area contributed by atoms with Crippen LogP contribution in [0, 0.1) is 0 Å². The van der Waals surface area contributed by atoms with Gasteiger partial charge in [-0.05, 0) is 54.2 Å². The van der Waals surface area contributed by atoms with Gasteiger partial charge in [0.05, 0.1) is 22.3 Å². The van der Waals surface area contributed by atoms with Gasteiger partial charge in [0, 0.05) is 21.5 Å². The van der Waals surface area contributed by atoms with Crippen LogP contribution < -0.4 is 5.43 Å². The maximum absolute atomic E-state index is 12.1. The highest BCUT2D eigenvalue weighted by molar-refractivity contribution is 7.99. The van der Waals surface area contributed by atoms with Crippen molar-refractivity contribution in [2.45, 2.75) is 9.99 Å². The molecule has 5 nitrogen and oxygen atoms in total. The Balaban J connectivity index is 1.43. The highest BCUT2D eigenvalue weighted by Gasteiger charge is 2.10. The van der Waals surface area contributed by atoms with E-state index in [1.807, 2.05) is 36.4 Å². The molecule has 0 aliphatic carbocycles. The summed E-state index contributed by atoms with van der Waals surface area (Å²) in [4.78, 5) is 17.6. The van der Waals surface area contributed by atoms with Crippen LogP contribution in [0.5, 0.6) is 0 Å². The molecule has 2 aromatic heterocycles. The number of hydrazone groups is 1. The van der Waals surface area contributed by atoms with E-state index >= 15 is 0 Å². The number of aromatic nitrogens is 1. The summed E-state index contributed by atoms with van der Waals surface area (Å²) in [5.41, 5.74) is 3.62. The second kappa shape index (κ2) is 8.69. The number of fused-ring (bicyclic) bond motifs is 1. The molecule has 29 heavy (non-hydrogen) atoms. The Morgan fingerprint density at radius 3 is 2.83 bits per heavy atom. The first-order valence-corrected chi connectivity index (χ1v) is 10.1. The number of benzene rings is 2. The Bertz CT molecular complexity index is 1220. The number of rotatable bonds is 5. The zero-order valence-electron chi connectivity index (χ0n) is 14.8. The number of halogens is 2. The van der Waals surface area contributed by atoms with E-state index in [2.05, 4.69) is 15.5 Å². The number of amides is 1. The molecule has 8 heteroatoms. The fourth-order valence-electron chi connectivity index (χ4n) is 2.61. The van der Waals surface area contributed by atoms with E-state index < -0.39 is 5.91 Å². The van der Waals surface area contributed by atoms with E-state index in [4.69, 9.17) is 27.6 Å². The minimum atomic E-state index is -0.439. The Morgan fingerprint density at radius 2 is 1.97 bits per heavy atom. The molecule has 1 N–H and O–H groups in total. The van der Waals surface area contributed by atoms with Gasteiger partial charge in [-0.3, -0.25) is 9.78 Å². The molecule has 0 saturated carbocycles. The van der Waals surface area contributed by atoms with E-state index in [9.17, 15) is 4.79 Å². The summed E-state index contributed by atoms with van der Waals surface area (Å²) >= 11 is 13.3. The Morgan fingerprint density at radius 1 is 1.10 bits per heavy atom. The Labute approximate surface area is 180 Å². The van der Waals surface area contributed by atoms with Crippen molar-refractivity contribution >= 4 is 58.0 Å². The number of carbonyl (C=O) groups excluding carboxylic acids is 1. The maximum Gasteiger partial charge on any atom is 0.272 e. The number of hydrogen-bond donors (Lipinski definition) is 1. The van der Waals surface area contributed by atoms with Crippen molar-refractivity contribution in [1.82, 2.24) is 10.4 Å². The van der Waals surface area contributed by atoms with Crippen molar-refractivity contribution in [1.29, 1.82) is 0 Å². The lowest BCUT2D eigenvalue weighted by Crippen LogP contribution is -2.17. The normalized spacial score (nSPS) is 11.2. The fraction of sp³-hybridized carbons (Fsp3) is 0. The van der Waals surface area contributed by atoms with Crippen LogP contribution in [0.1, 0.15) is 16.1 Å². The van der Waals surface area contributed by atoms with Crippen molar-refractivity contribution in [2.75, 3.05) is 0 Å². The van der Waals surface area contributed by atoms with Crippen molar-refractivity contribution in [3.8, 4) is 0 Å². The van der Waals surface area contributed by atoms with Gasteiger partial charge in [0.25, 0.3) is 5.91 Å². The molecule has 0 bridgehead atoms. The van der Waals surface area contributed by atoms with Crippen LogP contribution in [-0.4, -0.2) is 17.1 Å². The van der Waals surface area contributed by atoms with Gasteiger partial charge in [0.2, 0.25) is 0 Å². The number of nitrogens with zero attached hydrogens (tertiary/aromatic N) is 2. The highest BCUT2D eigenvalue weighted by atomic mass is 35.5. The van der Waals surface area contributed by atoms with Gasteiger partial charge in [-0.2, -0.15) is 5.10 Å². The third kappa shape index (κ3) is 4.62. The summed E-state index contributed by atoms with van der Waals surface area (Å²) < 4.78 is 5.75. The molecule has 0 radical (unpaired) electrons. The SMILES string of the molecule is O=C(N/N=C/c1ccc(Sc2cccc3cccnc23)o1)c1ccc(Cl)cc1Cl. The number of nitrogens with one attached hydrogen (secondary N) is 1. The summed E-state index contributed by atoms with van der Waals surface area (Å²) in [6, 6.07) is 18.1. The largest absolute Gasteiger partial charge is 0.448 e. The Kier molecular flexibility index (Phi) is 5.85. The lowest BCUT2D eigenvalue weighted by Gasteiger charge is -2.03. The highest BCUT2D eigenvalue weighted by Crippen LogP contribution is 2.33. The minimum Gasteiger partial charge on any atom is -0.448 e. The molecule has 0 unspecified atom stereocenters. The quantitative estimate of drug-likeness (QED) is 0.302. The zero-order valence-corrected chi connectivity index (χ0v) is 17.1. The molecular formula is C21H13Cl2N3O2S. The van der Waals surface area contributed by atoms with E-state index in [1.54, 1.807) is 18.3 Å². The van der Waals surface area contributed by atoms with Crippen LogP contribution in [0.2, 0.25) is 10.0 Å². The summed E-state index contributed by atoms with van der Waals surface area (Å²) in [6.07, 6.45) is 3.19. The lowest BCUT2D eigenvalue weighted by atomic mass is 10.2. The molecule has 0 aliphatic heterocycles. The summed E-state index contributed by atoms with van der Waals surface area (Å²) in [7, 11) is 0. The number of hydrogen-bond acceptors (Lipinski definition) is 5. The summed E-state index contributed by atoms with van der Waals surface area (Å²) in [6.45, 7) is 0. The van der Waals surface area contributed by atoms with E-state index in [1.165, 1.54) is 30.1 Å². The van der Waals surface area contributed by atoms with Crippen LogP contribution in [0.3, 0.4) is 0 Å². The van der Waals surface area contributed by atoms with Crippen LogP contribution in [0.15, 0.2) is 86.4 Å². The molecular weight excluding hydrogens is 429 g/mol. The van der Waals surface area contributed by atoms with Gasteiger partial charge in [0.1, 0.15) is 5.76 Å². The van der Waals surface area contributed by atoms with Crippen LogP contribution >= 0.6 is 35.0 Å². The van der Waals surface area contributed by atoms with E-state index in [0.717, 1.165) is 15.8 Å². The van der Waals surface area contributed by atoms with E-state index in [0.29, 0.717) is 15.9 Å². The first kappa shape index (κ1) is 19.5. The number of para-hydroxylation sites is 1. The predicted molar refractivity (Wildman–Crippen MR) is 116 cm³/mol. The lowest BCUT2D eigenvalue weighted by molar-refractivity contribution is 0.0955. The minimum absolute atomic E-state index is 0.255. The predicted octanol–water partition coefficient (Wildman–Crippen LogP) is 6.05. The van der Waals surface area contributed by atoms with Gasteiger partial charge >= 0.3 is 0 Å². The van der Waals surface area contributed by atoms with Crippen molar-refractivity contribution in [3.63, 3.8) is 0 Å². The smallest absolute Gasteiger partial charge is 0.272 e. The van der Waals surface area contributed by atoms with Crippen molar-refractivity contribution in [3.05, 3.63) is 88.2 Å².